The van der Waals surface area contributed by atoms with Crippen LogP contribution in [0.3, 0.4) is 0 Å². The first kappa shape index (κ1) is 15.1. The lowest BCUT2D eigenvalue weighted by Gasteiger charge is -2.35. The SMILES string of the molecule is CC(C)(C)NC(=O)C(C)(C)C1C(=O)NC(=O)NC1=O. The Bertz CT molecular complexity index is 428. The number of nitrogens with one attached hydrogen (secondary N) is 3. The second-order valence-corrected chi connectivity index (χ2v) is 6.17. The molecule has 19 heavy (non-hydrogen) atoms. The number of amides is 5. The minimum atomic E-state index is -1.26. The zero-order valence-corrected chi connectivity index (χ0v) is 11.7. The Kier molecular flexibility index (Phi) is 3.70. The van der Waals surface area contributed by atoms with E-state index in [9.17, 15) is 19.2 Å². The summed E-state index contributed by atoms with van der Waals surface area (Å²) in [7, 11) is 0. The van der Waals surface area contributed by atoms with Gasteiger partial charge in [0.05, 0.1) is 5.41 Å². The van der Waals surface area contributed by atoms with Gasteiger partial charge >= 0.3 is 6.03 Å². The van der Waals surface area contributed by atoms with Gasteiger partial charge in [-0.3, -0.25) is 25.0 Å². The molecule has 3 N–H and O–H groups in total. The predicted molar refractivity (Wildman–Crippen MR) is 66.8 cm³/mol. The smallest absolute Gasteiger partial charge is 0.328 e. The predicted octanol–water partition coefficient (Wildman–Crippen LogP) is -0.0905. The molecule has 5 amide bonds. The molecule has 1 aliphatic rings. The van der Waals surface area contributed by atoms with Crippen molar-refractivity contribution in [3.05, 3.63) is 0 Å². The second-order valence-electron chi connectivity index (χ2n) is 6.17. The maximum atomic E-state index is 12.2. The van der Waals surface area contributed by atoms with Crippen molar-refractivity contribution >= 4 is 23.8 Å². The van der Waals surface area contributed by atoms with Crippen molar-refractivity contribution < 1.29 is 19.2 Å². The third kappa shape index (κ3) is 3.30. The lowest BCUT2D eigenvalue weighted by Crippen LogP contribution is -2.62. The van der Waals surface area contributed by atoms with Gasteiger partial charge in [0.1, 0.15) is 5.92 Å². The molecule has 0 spiro atoms. The van der Waals surface area contributed by atoms with Crippen molar-refractivity contribution in [2.75, 3.05) is 0 Å². The first-order valence-corrected chi connectivity index (χ1v) is 5.93. The number of carbonyl (C=O) groups is 4. The van der Waals surface area contributed by atoms with Crippen LogP contribution in [-0.4, -0.2) is 29.3 Å². The number of rotatable bonds is 2. The van der Waals surface area contributed by atoms with E-state index in [1.165, 1.54) is 13.8 Å². The number of urea groups is 1. The summed E-state index contributed by atoms with van der Waals surface area (Å²) in [5.41, 5.74) is -1.74. The van der Waals surface area contributed by atoms with Crippen LogP contribution in [-0.2, 0) is 14.4 Å². The first-order chi connectivity index (χ1) is 8.45. The van der Waals surface area contributed by atoms with E-state index < -0.39 is 40.6 Å². The summed E-state index contributed by atoms with van der Waals surface area (Å²) in [5, 5.41) is 6.71. The summed E-state index contributed by atoms with van der Waals surface area (Å²) in [6.45, 7) is 8.38. The molecule has 1 fully saturated rings. The summed E-state index contributed by atoms with van der Waals surface area (Å²) < 4.78 is 0. The molecule has 0 radical (unpaired) electrons. The average molecular weight is 269 g/mol. The Morgan fingerprint density at radius 1 is 1.00 bits per heavy atom. The molecule has 1 heterocycles. The average Bonchev–Trinajstić information content (AvgIpc) is 2.11. The lowest BCUT2D eigenvalue weighted by molar-refractivity contribution is -0.149. The summed E-state index contributed by atoms with van der Waals surface area (Å²) in [6.07, 6.45) is 0. The Morgan fingerprint density at radius 2 is 1.42 bits per heavy atom. The molecular formula is C12H19N3O4. The molecule has 0 aliphatic carbocycles. The summed E-state index contributed by atoms with van der Waals surface area (Å²) in [6, 6.07) is -0.863. The van der Waals surface area contributed by atoms with Gasteiger partial charge in [-0.2, -0.15) is 0 Å². The number of hydrogen-bond acceptors (Lipinski definition) is 4. The molecule has 0 aromatic heterocycles. The van der Waals surface area contributed by atoms with E-state index in [-0.39, 0.29) is 0 Å². The Morgan fingerprint density at radius 3 is 1.79 bits per heavy atom. The Hall–Kier alpha value is -1.92. The van der Waals surface area contributed by atoms with Crippen LogP contribution in [0.1, 0.15) is 34.6 Å². The number of imide groups is 2. The van der Waals surface area contributed by atoms with Crippen LogP contribution in [0.2, 0.25) is 0 Å². The quantitative estimate of drug-likeness (QED) is 0.609. The van der Waals surface area contributed by atoms with Crippen molar-refractivity contribution in [3.8, 4) is 0 Å². The third-order valence-electron chi connectivity index (χ3n) is 2.79. The molecule has 0 bridgehead atoms. The summed E-state index contributed by atoms with van der Waals surface area (Å²) in [4.78, 5) is 46.7. The molecule has 7 nitrogen and oxygen atoms in total. The van der Waals surface area contributed by atoms with Crippen LogP contribution in [0.25, 0.3) is 0 Å². The van der Waals surface area contributed by atoms with Crippen LogP contribution in [0.15, 0.2) is 0 Å². The lowest BCUT2D eigenvalue weighted by atomic mass is 9.75. The number of carbonyl (C=O) groups excluding carboxylic acids is 4. The molecule has 7 heteroatoms. The standard InChI is InChI=1S/C12H19N3O4/c1-11(2,3)15-9(18)12(4,5)6-7(16)13-10(19)14-8(6)17/h6H,1-5H3,(H,15,18)(H2,13,14,16,17,19). The van der Waals surface area contributed by atoms with Gasteiger partial charge in [0.25, 0.3) is 0 Å². The monoisotopic (exact) mass is 269 g/mol. The van der Waals surface area contributed by atoms with Gasteiger partial charge in [0.2, 0.25) is 17.7 Å². The zero-order valence-electron chi connectivity index (χ0n) is 11.7. The normalized spacial score (nSPS) is 17.8. The molecule has 0 aromatic rings. The van der Waals surface area contributed by atoms with E-state index >= 15 is 0 Å². The topological polar surface area (TPSA) is 104 Å². The van der Waals surface area contributed by atoms with Crippen molar-refractivity contribution in [1.82, 2.24) is 16.0 Å². The van der Waals surface area contributed by atoms with Gasteiger partial charge in [-0.25, -0.2) is 4.79 Å². The van der Waals surface area contributed by atoms with E-state index in [2.05, 4.69) is 5.32 Å². The number of barbiturate groups is 1. The van der Waals surface area contributed by atoms with Gasteiger partial charge < -0.3 is 5.32 Å². The van der Waals surface area contributed by atoms with Crippen molar-refractivity contribution in [3.63, 3.8) is 0 Å². The third-order valence-corrected chi connectivity index (χ3v) is 2.79. The minimum absolute atomic E-state index is 0.426. The highest BCUT2D eigenvalue weighted by Crippen LogP contribution is 2.29. The molecule has 106 valence electrons. The maximum absolute atomic E-state index is 12.2. The van der Waals surface area contributed by atoms with Gasteiger partial charge in [-0.1, -0.05) is 0 Å². The Labute approximate surface area is 111 Å². The molecule has 0 saturated carbocycles. The van der Waals surface area contributed by atoms with Gasteiger partial charge in [0.15, 0.2) is 0 Å². The van der Waals surface area contributed by atoms with Crippen LogP contribution in [0.4, 0.5) is 4.79 Å². The van der Waals surface area contributed by atoms with Crippen molar-refractivity contribution in [1.29, 1.82) is 0 Å². The highest BCUT2D eigenvalue weighted by molar-refractivity contribution is 6.18. The van der Waals surface area contributed by atoms with Crippen molar-refractivity contribution in [2.45, 2.75) is 40.2 Å². The van der Waals surface area contributed by atoms with Gasteiger partial charge in [0, 0.05) is 5.54 Å². The van der Waals surface area contributed by atoms with Crippen LogP contribution < -0.4 is 16.0 Å². The van der Waals surface area contributed by atoms with E-state index in [1.807, 2.05) is 10.6 Å². The second kappa shape index (κ2) is 4.64. The van der Waals surface area contributed by atoms with Gasteiger partial charge in [-0.05, 0) is 34.6 Å². The van der Waals surface area contributed by atoms with E-state index in [4.69, 9.17) is 0 Å². The highest BCUT2D eigenvalue weighted by atomic mass is 16.2. The molecule has 0 atom stereocenters. The van der Waals surface area contributed by atoms with Gasteiger partial charge in [-0.15, -0.1) is 0 Å². The Balaban J connectivity index is 2.99. The van der Waals surface area contributed by atoms with Crippen LogP contribution in [0, 0.1) is 11.3 Å². The van der Waals surface area contributed by atoms with Crippen LogP contribution >= 0.6 is 0 Å². The fourth-order valence-electron chi connectivity index (χ4n) is 1.81. The zero-order chi connectivity index (χ0) is 15.0. The highest BCUT2D eigenvalue weighted by Gasteiger charge is 2.49. The fourth-order valence-corrected chi connectivity index (χ4v) is 1.81. The molecular weight excluding hydrogens is 250 g/mol. The fraction of sp³-hybridized carbons (Fsp3) is 0.667. The van der Waals surface area contributed by atoms with E-state index in [0.29, 0.717) is 0 Å². The largest absolute Gasteiger partial charge is 0.351 e. The molecule has 1 rings (SSSR count). The van der Waals surface area contributed by atoms with Crippen LogP contribution in [0.5, 0.6) is 0 Å². The molecule has 0 aromatic carbocycles. The molecule has 0 unspecified atom stereocenters. The first-order valence-electron chi connectivity index (χ1n) is 5.93. The maximum Gasteiger partial charge on any atom is 0.328 e. The summed E-state index contributed by atoms with van der Waals surface area (Å²) in [5.74, 6) is -3.19. The van der Waals surface area contributed by atoms with Crippen molar-refractivity contribution in [2.24, 2.45) is 11.3 Å². The molecule has 1 aliphatic heterocycles. The minimum Gasteiger partial charge on any atom is -0.351 e. The van der Waals surface area contributed by atoms with E-state index in [0.717, 1.165) is 0 Å². The number of hydrogen-bond donors (Lipinski definition) is 3. The van der Waals surface area contributed by atoms with E-state index in [1.54, 1.807) is 20.8 Å². The summed E-state index contributed by atoms with van der Waals surface area (Å²) >= 11 is 0. The molecule has 1 saturated heterocycles.